The molecule has 0 fully saturated rings. The third-order valence-electron chi connectivity index (χ3n) is 3.99. The highest BCUT2D eigenvalue weighted by molar-refractivity contribution is 5.83. The fourth-order valence-corrected chi connectivity index (χ4v) is 2.98. The summed E-state index contributed by atoms with van der Waals surface area (Å²) in [6.45, 7) is 2.00. The zero-order chi connectivity index (χ0) is 16.0. The zero-order valence-electron chi connectivity index (χ0n) is 12.4. The molecular formula is C17H14N4O2. The van der Waals surface area contributed by atoms with Gasteiger partial charge in [-0.3, -0.25) is 0 Å². The molecule has 6 nitrogen and oxygen atoms in total. The third kappa shape index (κ3) is 1.99. The van der Waals surface area contributed by atoms with Gasteiger partial charge in [-0.1, -0.05) is 30.3 Å². The van der Waals surface area contributed by atoms with Crippen LogP contribution in [0.2, 0.25) is 0 Å². The number of carboxylic acids is 1. The first-order valence-corrected chi connectivity index (χ1v) is 7.31. The van der Waals surface area contributed by atoms with Gasteiger partial charge >= 0.3 is 5.97 Å². The minimum absolute atomic E-state index is 0.132. The Morgan fingerprint density at radius 1 is 1.04 bits per heavy atom. The number of rotatable bonds is 2. The molecule has 0 aliphatic carbocycles. The van der Waals surface area contributed by atoms with E-state index >= 15 is 0 Å². The molecule has 2 heterocycles. The summed E-state index contributed by atoms with van der Waals surface area (Å²) in [5.74, 6) is -0.690. The molecule has 0 bridgehead atoms. The first-order chi connectivity index (χ1) is 11.2. The van der Waals surface area contributed by atoms with Gasteiger partial charge in [-0.25, -0.2) is 14.5 Å². The summed E-state index contributed by atoms with van der Waals surface area (Å²) in [4.78, 5) is 17.6. The number of para-hydroxylation sites is 3. The van der Waals surface area contributed by atoms with Crippen LogP contribution in [0.15, 0.2) is 54.6 Å². The van der Waals surface area contributed by atoms with Crippen LogP contribution in [0.3, 0.4) is 0 Å². The lowest BCUT2D eigenvalue weighted by molar-refractivity contribution is 0.0683. The summed E-state index contributed by atoms with van der Waals surface area (Å²) in [5.41, 5.74) is 2.82. The monoisotopic (exact) mass is 306 g/mol. The smallest absolute Gasteiger partial charge is 0.375 e. The highest BCUT2D eigenvalue weighted by atomic mass is 16.4. The molecule has 1 aliphatic heterocycles. The Hall–Kier alpha value is -3.15. The van der Waals surface area contributed by atoms with Gasteiger partial charge in [0.2, 0.25) is 0 Å². The van der Waals surface area contributed by atoms with Crippen LogP contribution in [0, 0.1) is 0 Å². The molecule has 3 aromatic rings. The highest BCUT2D eigenvalue weighted by Gasteiger charge is 2.33. The molecule has 114 valence electrons. The molecule has 23 heavy (non-hydrogen) atoms. The Kier molecular flexibility index (Phi) is 2.90. The SMILES string of the molecule is CC1c2nc(C(=O)O)nn2-c2ccccc2N1c1ccccc1. The van der Waals surface area contributed by atoms with Crippen molar-refractivity contribution < 1.29 is 9.90 Å². The summed E-state index contributed by atoms with van der Waals surface area (Å²) in [7, 11) is 0. The van der Waals surface area contributed by atoms with Crippen molar-refractivity contribution in [3.05, 3.63) is 66.2 Å². The minimum Gasteiger partial charge on any atom is -0.475 e. The summed E-state index contributed by atoms with van der Waals surface area (Å²) in [5, 5.41) is 13.3. The van der Waals surface area contributed by atoms with Gasteiger partial charge in [0.1, 0.15) is 0 Å². The molecule has 6 heteroatoms. The molecule has 1 N–H and O–H groups in total. The standard InChI is InChI=1S/C17H14N4O2/c1-11-16-18-15(17(22)23)19-21(16)14-10-6-5-9-13(14)20(11)12-7-3-2-4-8-12/h2-11H,1H3,(H,22,23). The van der Waals surface area contributed by atoms with Gasteiger partial charge in [-0.15, -0.1) is 5.10 Å². The molecule has 1 aliphatic rings. The van der Waals surface area contributed by atoms with Crippen molar-refractivity contribution in [2.75, 3.05) is 4.90 Å². The summed E-state index contributed by atoms with van der Waals surface area (Å²) >= 11 is 0. The average molecular weight is 306 g/mol. The lowest BCUT2D eigenvalue weighted by Crippen LogP contribution is -2.29. The Balaban J connectivity index is 1.96. The van der Waals surface area contributed by atoms with Crippen LogP contribution in [0.25, 0.3) is 5.69 Å². The maximum absolute atomic E-state index is 11.2. The zero-order valence-corrected chi connectivity index (χ0v) is 12.4. The van der Waals surface area contributed by atoms with E-state index in [9.17, 15) is 9.90 Å². The second-order valence-electron chi connectivity index (χ2n) is 5.38. The van der Waals surface area contributed by atoms with Crippen LogP contribution in [-0.2, 0) is 0 Å². The summed E-state index contributed by atoms with van der Waals surface area (Å²) < 4.78 is 1.63. The van der Waals surface area contributed by atoms with Gasteiger partial charge in [0.05, 0.1) is 17.4 Å². The van der Waals surface area contributed by atoms with E-state index in [0.29, 0.717) is 5.82 Å². The van der Waals surface area contributed by atoms with Crippen molar-refractivity contribution in [2.24, 2.45) is 0 Å². The molecular weight excluding hydrogens is 292 g/mol. The predicted molar refractivity (Wildman–Crippen MR) is 85.3 cm³/mol. The van der Waals surface area contributed by atoms with Crippen molar-refractivity contribution in [3.8, 4) is 5.69 Å². The Bertz CT molecular complexity index is 889. The van der Waals surface area contributed by atoms with Gasteiger partial charge in [0.15, 0.2) is 5.82 Å². The number of fused-ring (bicyclic) bond motifs is 3. The Morgan fingerprint density at radius 3 is 2.39 bits per heavy atom. The van der Waals surface area contributed by atoms with Crippen LogP contribution in [0.4, 0.5) is 11.4 Å². The molecule has 0 saturated heterocycles. The van der Waals surface area contributed by atoms with Crippen LogP contribution < -0.4 is 4.90 Å². The predicted octanol–water partition coefficient (Wildman–Crippen LogP) is 3.18. The summed E-state index contributed by atoms with van der Waals surface area (Å²) in [6, 6.07) is 17.6. The maximum Gasteiger partial charge on any atom is 0.375 e. The van der Waals surface area contributed by atoms with Gasteiger partial charge < -0.3 is 10.0 Å². The van der Waals surface area contributed by atoms with Crippen molar-refractivity contribution in [3.63, 3.8) is 0 Å². The molecule has 0 radical (unpaired) electrons. The van der Waals surface area contributed by atoms with E-state index < -0.39 is 5.97 Å². The highest BCUT2D eigenvalue weighted by Crippen LogP contribution is 2.42. The molecule has 4 rings (SSSR count). The van der Waals surface area contributed by atoms with Gasteiger partial charge in [0.25, 0.3) is 5.82 Å². The fraction of sp³-hybridized carbons (Fsp3) is 0.118. The number of benzene rings is 2. The van der Waals surface area contributed by atoms with E-state index in [0.717, 1.165) is 17.1 Å². The van der Waals surface area contributed by atoms with Crippen molar-refractivity contribution in [1.29, 1.82) is 0 Å². The summed E-state index contributed by atoms with van der Waals surface area (Å²) in [6.07, 6.45) is 0. The third-order valence-corrected chi connectivity index (χ3v) is 3.99. The number of carbonyl (C=O) groups is 1. The van der Waals surface area contributed by atoms with Crippen LogP contribution in [-0.4, -0.2) is 25.8 Å². The molecule has 1 aromatic heterocycles. The number of carboxylic acid groups (broad SMARTS) is 1. The van der Waals surface area contributed by atoms with Crippen LogP contribution >= 0.6 is 0 Å². The average Bonchev–Trinajstić information content (AvgIpc) is 3.02. The Morgan fingerprint density at radius 2 is 1.70 bits per heavy atom. The van der Waals surface area contributed by atoms with Crippen molar-refractivity contribution >= 4 is 17.3 Å². The topological polar surface area (TPSA) is 71.2 Å². The van der Waals surface area contributed by atoms with Crippen LogP contribution in [0.5, 0.6) is 0 Å². The molecule has 1 atom stereocenters. The number of aromatic nitrogens is 3. The first kappa shape index (κ1) is 13.5. The van der Waals surface area contributed by atoms with Gasteiger partial charge in [-0.2, -0.15) is 0 Å². The lowest BCUT2D eigenvalue weighted by Gasteiger charge is -2.36. The largest absolute Gasteiger partial charge is 0.475 e. The van der Waals surface area contributed by atoms with E-state index in [4.69, 9.17) is 0 Å². The lowest BCUT2D eigenvalue weighted by atomic mass is 10.1. The number of hydrogen-bond donors (Lipinski definition) is 1. The van der Waals surface area contributed by atoms with E-state index in [1.165, 1.54) is 0 Å². The number of anilines is 2. The van der Waals surface area contributed by atoms with E-state index in [1.807, 2.05) is 61.5 Å². The van der Waals surface area contributed by atoms with E-state index in [2.05, 4.69) is 15.0 Å². The normalized spacial score (nSPS) is 15.9. The Labute approximate surface area is 132 Å². The number of nitrogens with zero attached hydrogens (tertiary/aromatic N) is 4. The van der Waals surface area contributed by atoms with Gasteiger partial charge in [0, 0.05) is 5.69 Å². The minimum atomic E-state index is -1.12. The maximum atomic E-state index is 11.2. The quantitative estimate of drug-likeness (QED) is 0.787. The van der Waals surface area contributed by atoms with Crippen molar-refractivity contribution in [2.45, 2.75) is 13.0 Å². The molecule has 0 saturated carbocycles. The van der Waals surface area contributed by atoms with Gasteiger partial charge in [-0.05, 0) is 31.2 Å². The first-order valence-electron chi connectivity index (χ1n) is 7.31. The number of hydrogen-bond acceptors (Lipinski definition) is 4. The van der Waals surface area contributed by atoms with E-state index in [-0.39, 0.29) is 11.9 Å². The molecule has 0 amide bonds. The van der Waals surface area contributed by atoms with E-state index in [1.54, 1.807) is 4.68 Å². The second kappa shape index (κ2) is 4.95. The van der Waals surface area contributed by atoms with Crippen molar-refractivity contribution in [1.82, 2.24) is 14.8 Å². The molecule has 1 unspecified atom stereocenters. The number of aromatic carboxylic acids is 1. The fourth-order valence-electron chi connectivity index (χ4n) is 2.98. The molecule has 2 aromatic carbocycles. The molecule has 0 spiro atoms. The second-order valence-corrected chi connectivity index (χ2v) is 5.38. The van der Waals surface area contributed by atoms with Crippen LogP contribution in [0.1, 0.15) is 29.4 Å².